The number of aromatic nitrogens is 1. The fourth-order valence-electron chi connectivity index (χ4n) is 1.14. The van der Waals surface area contributed by atoms with Gasteiger partial charge in [-0.3, -0.25) is 4.79 Å². The van der Waals surface area contributed by atoms with Crippen LogP contribution in [-0.4, -0.2) is 10.9 Å². The molecule has 1 aromatic heterocycles. The van der Waals surface area contributed by atoms with Crippen molar-refractivity contribution in [2.75, 3.05) is 5.32 Å². The molecule has 2 rings (SSSR count). The molecule has 3 nitrogen and oxygen atoms in total. The maximum atomic E-state index is 11.4. The molecule has 0 spiro atoms. The number of hydrogen-bond acceptors (Lipinski definition) is 2. The van der Waals surface area contributed by atoms with Crippen molar-refractivity contribution < 1.29 is 4.79 Å². The van der Waals surface area contributed by atoms with Crippen LogP contribution in [0.5, 0.6) is 0 Å². The Morgan fingerprint density at radius 3 is 2.93 bits per heavy atom. The van der Waals surface area contributed by atoms with Gasteiger partial charge in [0.2, 0.25) is 5.91 Å². The zero-order valence-corrected chi connectivity index (χ0v) is 8.64. The molecule has 0 saturated heterocycles. The van der Waals surface area contributed by atoms with Crippen LogP contribution in [0.3, 0.4) is 0 Å². The van der Waals surface area contributed by atoms with E-state index in [0.717, 1.165) is 18.4 Å². The summed E-state index contributed by atoms with van der Waals surface area (Å²) < 4.78 is 0. The van der Waals surface area contributed by atoms with Gasteiger partial charge >= 0.3 is 0 Å². The lowest BCUT2D eigenvalue weighted by molar-refractivity contribution is -0.117. The first-order valence-corrected chi connectivity index (χ1v) is 4.97. The van der Waals surface area contributed by atoms with E-state index in [1.165, 1.54) is 0 Å². The van der Waals surface area contributed by atoms with E-state index in [0.29, 0.717) is 10.8 Å². The Morgan fingerprint density at radius 1 is 1.64 bits per heavy atom. The van der Waals surface area contributed by atoms with Gasteiger partial charge in [0.25, 0.3) is 0 Å². The number of rotatable bonds is 2. The largest absolute Gasteiger partial charge is 0.310 e. The lowest BCUT2D eigenvalue weighted by Gasteiger charge is -2.04. The zero-order chi connectivity index (χ0) is 10.1. The molecule has 1 saturated carbocycles. The highest BCUT2D eigenvalue weighted by molar-refractivity contribution is 6.31. The van der Waals surface area contributed by atoms with E-state index in [2.05, 4.69) is 10.3 Å². The Bertz CT molecular complexity index is 374. The Kier molecular flexibility index (Phi) is 2.42. The smallest absolute Gasteiger partial charge is 0.228 e. The summed E-state index contributed by atoms with van der Waals surface area (Å²) in [4.78, 5) is 15.4. The van der Waals surface area contributed by atoms with Gasteiger partial charge < -0.3 is 5.32 Å². The third-order valence-electron chi connectivity index (χ3n) is 2.24. The first-order valence-electron chi connectivity index (χ1n) is 4.60. The highest BCUT2D eigenvalue weighted by Gasteiger charge is 2.29. The van der Waals surface area contributed by atoms with Gasteiger partial charge in [-0.2, -0.15) is 0 Å². The molecule has 0 atom stereocenters. The topological polar surface area (TPSA) is 42.0 Å². The number of anilines is 1. The second-order valence-electron chi connectivity index (χ2n) is 3.58. The van der Waals surface area contributed by atoms with Crippen LogP contribution in [0, 0.1) is 12.8 Å². The summed E-state index contributed by atoms with van der Waals surface area (Å²) in [5.74, 6) is 0.784. The van der Waals surface area contributed by atoms with Crippen molar-refractivity contribution in [3.63, 3.8) is 0 Å². The van der Waals surface area contributed by atoms with Crippen LogP contribution in [0.4, 0.5) is 5.82 Å². The maximum absolute atomic E-state index is 11.4. The maximum Gasteiger partial charge on any atom is 0.228 e. The van der Waals surface area contributed by atoms with E-state index in [9.17, 15) is 4.79 Å². The first-order chi connectivity index (χ1) is 6.66. The molecule has 1 fully saturated rings. The van der Waals surface area contributed by atoms with Gasteiger partial charge in [-0.1, -0.05) is 11.6 Å². The predicted octanol–water partition coefficient (Wildman–Crippen LogP) is 2.39. The second kappa shape index (κ2) is 3.58. The minimum Gasteiger partial charge on any atom is -0.310 e. The van der Waals surface area contributed by atoms with Crippen molar-refractivity contribution in [1.82, 2.24) is 4.98 Å². The summed E-state index contributed by atoms with van der Waals surface area (Å²) in [6.45, 7) is 1.88. The average molecular weight is 211 g/mol. The Morgan fingerprint density at radius 2 is 2.36 bits per heavy atom. The summed E-state index contributed by atoms with van der Waals surface area (Å²) in [7, 11) is 0. The summed E-state index contributed by atoms with van der Waals surface area (Å²) in [5.41, 5.74) is 0.913. The molecule has 0 aromatic carbocycles. The fourth-order valence-corrected chi connectivity index (χ4v) is 1.29. The monoisotopic (exact) mass is 210 g/mol. The molecule has 1 aliphatic carbocycles. The third-order valence-corrected chi connectivity index (χ3v) is 2.64. The van der Waals surface area contributed by atoms with Crippen molar-refractivity contribution in [2.45, 2.75) is 19.8 Å². The Balaban J connectivity index is 2.08. The molecule has 1 amide bonds. The molecule has 0 unspecified atom stereocenters. The van der Waals surface area contributed by atoms with Crippen LogP contribution in [0.2, 0.25) is 5.02 Å². The van der Waals surface area contributed by atoms with Crippen LogP contribution in [-0.2, 0) is 4.79 Å². The van der Waals surface area contributed by atoms with Crippen LogP contribution >= 0.6 is 11.6 Å². The molecule has 1 aliphatic rings. The molecule has 4 heteroatoms. The summed E-state index contributed by atoms with van der Waals surface area (Å²) in [6, 6.07) is 1.68. The van der Waals surface area contributed by atoms with E-state index in [4.69, 9.17) is 11.6 Å². The molecule has 14 heavy (non-hydrogen) atoms. The third kappa shape index (κ3) is 2.04. The number of pyridine rings is 1. The van der Waals surface area contributed by atoms with Crippen molar-refractivity contribution >= 4 is 23.3 Å². The van der Waals surface area contributed by atoms with E-state index in [1.54, 1.807) is 12.3 Å². The van der Waals surface area contributed by atoms with Crippen LogP contribution in [0.25, 0.3) is 0 Å². The van der Waals surface area contributed by atoms with Crippen molar-refractivity contribution in [2.24, 2.45) is 5.92 Å². The van der Waals surface area contributed by atoms with Gasteiger partial charge in [-0.15, -0.1) is 0 Å². The van der Waals surface area contributed by atoms with Crippen molar-refractivity contribution in [3.05, 3.63) is 22.8 Å². The lowest BCUT2D eigenvalue weighted by atomic mass is 10.3. The van der Waals surface area contributed by atoms with Crippen LogP contribution in [0.1, 0.15) is 18.4 Å². The highest BCUT2D eigenvalue weighted by atomic mass is 35.5. The minimum absolute atomic E-state index is 0.0532. The molecular formula is C10H11ClN2O. The fraction of sp³-hybridized carbons (Fsp3) is 0.400. The van der Waals surface area contributed by atoms with Gasteiger partial charge in [0.15, 0.2) is 0 Å². The number of hydrogen-bond donors (Lipinski definition) is 1. The van der Waals surface area contributed by atoms with Gasteiger partial charge in [-0.05, 0) is 31.4 Å². The van der Waals surface area contributed by atoms with Crippen molar-refractivity contribution in [3.8, 4) is 0 Å². The normalized spacial score (nSPS) is 15.3. The number of amides is 1. The van der Waals surface area contributed by atoms with E-state index in [1.807, 2.05) is 6.92 Å². The number of carbonyl (C=O) groups is 1. The standard InChI is InChI=1S/C10H11ClN2O/c1-6-5-12-9(4-8(6)11)13-10(14)7-2-3-7/h4-5,7H,2-3H2,1H3,(H,12,13,14). The molecule has 74 valence electrons. The van der Waals surface area contributed by atoms with E-state index >= 15 is 0 Å². The summed E-state index contributed by atoms with van der Waals surface area (Å²) in [6.07, 6.45) is 3.64. The molecule has 0 aliphatic heterocycles. The molecular weight excluding hydrogens is 200 g/mol. The number of nitrogens with one attached hydrogen (secondary N) is 1. The minimum atomic E-state index is 0.0532. The number of aryl methyl sites for hydroxylation is 1. The molecule has 1 aromatic rings. The van der Waals surface area contributed by atoms with Crippen LogP contribution < -0.4 is 5.32 Å². The van der Waals surface area contributed by atoms with E-state index in [-0.39, 0.29) is 11.8 Å². The van der Waals surface area contributed by atoms with Gasteiger partial charge in [0.1, 0.15) is 5.82 Å². The number of carbonyl (C=O) groups excluding carboxylic acids is 1. The van der Waals surface area contributed by atoms with E-state index < -0.39 is 0 Å². The molecule has 1 heterocycles. The van der Waals surface area contributed by atoms with Gasteiger partial charge in [0.05, 0.1) is 0 Å². The Hall–Kier alpha value is -1.09. The highest BCUT2D eigenvalue weighted by Crippen LogP contribution is 2.30. The number of halogens is 1. The first kappa shape index (κ1) is 9.46. The molecule has 1 N–H and O–H groups in total. The van der Waals surface area contributed by atoms with Crippen molar-refractivity contribution in [1.29, 1.82) is 0 Å². The zero-order valence-electron chi connectivity index (χ0n) is 7.88. The average Bonchev–Trinajstić information content (AvgIpc) is 2.94. The van der Waals surface area contributed by atoms with Gasteiger partial charge in [-0.25, -0.2) is 4.98 Å². The second-order valence-corrected chi connectivity index (χ2v) is 3.99. The SMILES string of the molecule is Cc1cnc(NC(=O)C2CC2)cc1Cl. The lowest BCUT2D eigenvalue weighted by Crippen LogP contribution is -2.14. The Labute approximate surface area is 87.5 Å². The number of nitrogens with zero attached hydrogens (tertiary/aromatic N) is 1. The summed E-state index contributed by atoms with van der Waals surface area (Å²) >= 11 is 5.90. The predicted molar refractivity (Wildman–Crippen MR) is 55.3 cm³/mol. The molecule has 0 bridgehead atoms. The van der Waals surface area contributed by atoms with Crippen LogP contribution in [0.15, 0.2) is 12.3 Å². The van der Waals surface area contributed by atoms with Gasteiger partial charge in [0, 0.05) is 17.1 Å². The summed E-state index contributed by atoms with van der Waals surface area (Å²) in [5, 5.41) is 3.37. The molecule has 0 radical (unpaired) electrons. The quantitative estimate of drug-likeness (QED) is 0.815.